The molecule has 0 atom stereocenters. The summed E-state index contributed by atoms with van der Waals surface area (Å²) in [6.45, 7) is 2.66. The van der Waals surface area contributed by atoms with Crippen LogP contribution in [0.4, 0.5) is 5.69 Å². The topological polar surface area (TPSA) is 48.7 Å². The Morgan fingerprint density at radius 2 is 2.17 bits per heavy atom. The molecule has 2 aromatic rings. The second-order valence-corrected chi connectivity index (χ2v) is 5.18. The third-order valence-electron chi connectivity index (χ3n) is 2.47. The molecule has 1 heterocycles. The normalized spacial score (nSPS) is 10.4. The highest BCUT2D eigenvalue weighted by atomic mass is 79.9. The van der Waals surface area contributed by atoms with Crippen LogP contribution >= 0.6 is 39.1 Å². The predicted octanol–water partition coefficient (Wildman–Crippen LogP) is 4.61. The second-order valence-electron chi connectivity index (χ2n) is 3.57. The van der Waals surface area contributed by atoms with Gasteiger partial charge in [0.15, 0.2) is 0 Å². The molecule has 0 fully saturated rings. The first kappa shape index (κ1) is 13.4. The molecule has 0 radical (unpaired) electrons. The molecular formula is C12H8BrCl2N3. The number of aromatic nitrogens is 1. The Morgan fingerprint density at radius 3 is 2.78 bits per heavy atom. The van der Waals surface area contributed by atoms with Gasteiger partial charge in [0, 0.05) is 22.6 Å². The van der Waals surface area contributed by atoms with E-state index in [4.69, 9.17) is 28.5 Å². The molecule has 2 rings (SSSR count). The molecule has 0 bridgehead atoms. The fraction of sp³-hybridized carbons (Fsp3) is 0.167. The molecule has 92 valence electrons. The average molecular weight is 345 g/mol. The number of anilines is 1. The summed E-state index contributed by atoms with van der Waals surface area (Å²) in [7, 11) is 0. The molecule has 0 unspecified atom stereocenters. The summed E-state index contributed by atoms with van der Waals surface area (Å²) in [6.07, 6.45) is 1.50. The minimum Gasteiger partial charge on any atom is -0.384 e. The minimum atomic E-state index is 0.379. The van der Waals surface area contributed by atoms with Crippen molar-refractivity contribution in [1.29, 1.82) is 5.26 Å². The fourth-order valence-corrected chi connectivity index (χ4v) is 2.63. The van der Waals surface area contributed by atoms with Crippen molar-refractivity contribution in [2.45, 2.75) is 6.92 Å². The van der Waals surface area contributed by atoms with E-state index in [2.05, 4.69) is 32.3 Å². The number of rotatable bonds is 2. The maximum atomic E-state index is 9.10. The summed E-state index contributed by atoms with van der Waals surface area (Å²) in [6, 6.07) is 3.92. The van der Waals surface area contributed by atoms with Gasteiger partial charge in [0.05, 0.1) is 26.8 Å². The summed E-state index contributed by atoms with van der Waals surface area (Å²) >= 11 is 15.6. The van der Waals surface area contributed by atoms with Gasteiger partial charge in [-0.1, -0.05) is 23.2 Å². The Morgan fingerprint density at radius 1 is 1.44 bits per heavy atom. The van der Waals surface area contributed by atoms with E-state index in [9.17, 15) is 0 Å². The van der Waals surface area contributed by atoms with Gasteiger partial charge in [-0.05, 0) is 28.9 Å². The van der Waals surface area contributed by atoms with Gasteiger partial charge in [-0.2, -0.15) is 5.26 Å². The van der Waals surface area contributed by atoms with E-state index in [0.717, 1.165) is 11.1 Å². The highest BCUT2D eigenvalue weighted by Gasteiger charge is 2.15. The monoisotopic (exact) mass is 343 g/mol. The molecule has 1 aromatic carbocycles. The second kappa shape index (κ2) is 5.31. The quantitative estimate of drug-likeness (QED) is 0.809. The molecule has 1 aromatic heterocycles. The average Bonchev–Trinajstić information content (AvgIpc) is 2.37. The molecule has 0 amide bonds. The molecule has 0 aliphatic heterocycles. The highest BCUT2D eigenvalue weighted by Crippen LogP contribution is 2.39. The maximum absolute atomic E-state index is 9.10. The van der Waals surface area contributed by atoms with Crippen LogP contribution in [0.3, 0.4) is 0 Å². The molecule has 0 aliphatic rings. The van der Waals surface area contributed by atoms with Crippen molar-refractivity contribution in [1.82, 2.24) is 4.98 Å². The van der Waals surface area contributed by atoms with Crippen LogP contribution in [0, 0.1) is 11.3 Å². The standard InChI is InChI=1S/C12H8BrCl2N3/c1-2-17-11-6(4-16)5-18-12-7(11)3-8(13)9(14)10(12)15/h3,5H,2H2,1H3,(H,17,18). The molecule has 0 aliphatic carbocycles. The molecule has 0 spiro atoms. The first-order valence-corrected chi connectivity index (χ1v) is 6.75. The Kier molecular flexibility index (Phi) is 3.96. The lowest BCUT2D eigenvalue weighted by Gasteiger charge is -2.12. The van der Waals surface area contributed by atoms with Crippen LogP contribution in [0.25, 0.3) is 10.9 Å². The van der Waals surface area contributed by atoms with Crippen molar-refractivity contribution in [3.63, 3.8) is 0 Å². The van der Waals surface area contributed by atoms with Crippen LogP contribution < -0.4 is 5.32 Å². The summed E-state index contributed by atoms with van der Waals surface area (Å²) in [5, 5.41) is 13.8. The highest BCUT2D eigenvalue weighted by molar-refractivity contribution is 9.10. The lowest BCUT2D eigenvalue weighted by atomic mass is 10.1. The van der Waals surface area contributed by atoms with E-state index < -0.39 is 0 Å². The van der Waals surface area contributed by atoms with Gasteiger partial charge >= 0.3 is 0 Å². The number of halogens is 3. The van der Waals surface area contributed by atoms with Crippen molar-refractivity contribution in [2.24, 2.45) is 0 Å². The number of nitrogens with one attached hydrogen (secondary N) is 1. The van der Waals surface area contributed by atoms with Crippen LogP contribution in [0.15, 0.2) is 16.7 Å². The molecule has 0 saturated carbocycles. The molecular weight excluding hydrogens is 337 g/mol. The van der Waals surface area contributed by atoms with Crippen molar-refractivity contribution >= 4 is 55.7 Å². The van der Waals surface area contributed by atoms with E-state index >= 15 is 0 Å². The van der Waals surface area contributed by atoms with Crippen molar-refractivity contribution < 1.29 is 0 Å². The van der Waals surface area contributed by atoms with E-state index in [1.807, 2.05) is 13.0 Å². The smallest absolute Gasteiger partial charge is 0.103 e. The third kappa shape index (κ3) is 2.14. The van der Waals surface area contributed by atoms with Crippen LogP contribution in [0.1, 0.15) is 12.5 Å². The van der Waals surface area contributed by atoms with E-state index in [1.54, 1.807) is 0 Å². The van der Waals surface area contributed by atoms with Crippen LogP contribution in [0.2, 0.25) is 10.0 Å². The maximum Gasteiger partial charge on any atom is 0.103 e. The largest absolute Gasteiger partial charge is 0.384 e. The summed E-state index contributed by atoms with van der Waals surface area (Å²) in [5.74, 6) is 0. The van der Waals surface area contributed by atoms with Gasteiger partial charge in [0.2, 0.25) is 0 Å². The Labute approximate surface area is 123 Å². The summed E-state index contributed by atoms with van der Waals surface area (Å²) in [4.78, 5) is 4.20. The lowest BCUT2D eigenvalue weighted by Crippen LogP contribution is -2.01. The van der Waals surface area contributed by atoms with Crippen LogP contribution in [-0.2, 0) is 0 Å². The molecule has 3 nitrogen and oxygen atoms in total. The molecule has 6 heteroatoms. The van der Waals surface area contributed by atoms with Crippen molar-refractivity contribution in [3.05, 3.63) is 32.3 Å². The SMILES string of the molecule is CCNc1c(C#N)cnc2c(Cl)c(Cl)c(Br)cc12. The van der Waals surface area contributed by atoms with Gasteiger partial charge < -0.3 is 5.32 Å². The first-order chi connectivity index (χ1) is 8.60. The molecule has 0 saturated heterocycles. The number of hydrogen-bond donors (Lipinski definition) is 1. The fourth-order valence-electron chi connectivity index (χ4n) is 1.69. The van der Waals surface area contributed by atoms with Gasteiger partial charge in [-0.25, -0.2) is 0 Å². The zero-order valence-corrected chi connectivity index (χ0v) is 12.5. The molecule has 18 heavy (non-hydrogen) atoms. The number of benzene rings is 1. The lowest BCUT2D eigenvalue weighted by molar-refractivity contribution is 1.21. The number of hydrogen-bond acceptors (Lipinski definition) is 3. The molecule has 1 N–H and O–H groups in total. The number of pyridine rings is 1. The van der Waals surface area contributed by atoms with E-state index in [0.29, 0.717) is 32.1 Å². The van der Waals surface area contributed by atoms with Crippen molar-refractivity contribution in [2.75, 3.05) is 11.9 Å². The zero-order chi connectivity index (χ0) is 13.3. The van der Waals surface area contributed by atoms with Crippen LogP contribution in [0.5, 0.6) is 0 Å². The zero-order valence-electron chi connectivity index (χ0n) is 9.39. The number of nitrogens with zero attached hydrogens (tertiary/aromatic N) is 2. The summed E-state index contributed by atoms with van der Waals surface area (Å²) < 4.78 is 0.678. The summed E-state index contributed by atoms with van der Waals surface area (Å²) in [5.41, 5.74) is 1.79. The van der Waals surface area contributed by atoms with Gasteiger partial charge in [-0.3, -0.25) is 4.98 Å². The first-order valence-electron chi connectivity index (χ1n) is 5.20. The van der Waals surface area contributed by atoms with Crippen LogP contribution in [-0.4, -0.2) is 11.5 Å². The minimum absolute atomic E-state index is 0.379. The number of fused-ring (bicyclic) bond motifs is 1. The van der Waals surface area contributed by atoms with Gasteiger partial charge in [-0.15, -0.1) is 0 Å². The Bertz CT molecular complexity index is 665. The predicted molar refractivity (Wildman–Crippen MR) is 78.3 cm³/mol. The van der Waals surface area contributed by atoms with Gasteiger partial charge in [0.1, 0.15) is 6.07 Å². The number of nitriles is 1. The Balaban J connectivity index is 2.89. The van der Waals surface area contributed by atoms with Gasteiger partial charge in [0.25, 0.3) is 0 Å². The Hall–Kier alpha value is -1.02. The van der Waals surface area contributed by atoms with E-state index in [1.165, 1.54) is 6.20 Å². The van der Waals surface area contributed by atoms with Crippen molar-refractivity contribution in [3.8, 4) is 6.07 Å². The third-order valence-corrected chi connectivity index (χ3v) is 4.18. The van der Waals surface area contributed by atoms with E-state index in [-0.39, 0.29) is 0 Å².